The highest BCUT2D eigenvalue weighted by Crippen LogP contribution is 2.49. The van der Waals surface area contributed by atoms with E-state index in [2.05, 4.69) is 25.8 Å². The average Bonchev–Trinajstić information content (AvgIpc) is 3.47. The molecule has 2 aliphatic rings. The van der Waals surface area contributed by atoms with Crippen molar-refractivity contribution < 1.29 is 24.7 Å². The second kappa shape index (κ2) is 13.3. The van der Waals surface area contributed by atoms with E-state index in [1.54, 1.807) is 11.8 Å². The SMILES string of the molecule is NCCNc1nc(CSCCN)c(SC2(C(=O)O)CS[C@@H]3[C@H](NC(=O)C(=NO)c4nc(N)sc4Cl)C(=O)N3C2)s1. The first kappa shape index (κ1) is 30.9. The van der Waals surface area contributed by atoms with Gasteiger partial charge in [-0.15, -0.1) is 11.8 Å². The van der Waals surface area contributed by atoms with Crippen LogP contribution in [0.25, 0.3) is 0 Å². The number of nitrogen functional groups attached to an aromatic ring is 1. The number of thiazole rings is 2. The number of aromatic nitrogens is 2. The van der Waals surface area contributed by atoms with Gasteiger partial charge in [0.25, 0.3) is 5.91 Å². The largest absolute Gasteiger partial charge is 0.480 e. The smallest absolute Gasteiger partial charge is 0.322 e. The van der Waals surface area contributed by atoms with Crippen molar-refractivity contribution in [3.63, 3.8) is 0 Å². The zero-order valence-electron chi connectivity index (χ0n) is 20.7. The van der Waals surface area contributed by atoms with Crippen molar-refractivity contribution in [1.82, 2.24) is 20.2 Å². The van der Waals surface area contributed by atoms with Gasteiger partial charge in [0.15, 0.2) is 16.0 Å². The van der Waals surface area contributed by atoms with E-state index in [4.69, 9.17) is 28.8 Å². The number of halogens is 1. The Kier molecular flexibility index (Phi) is 10.3. The van der Waals surface area contributed by atoms with Gasteiger partial charge < -0.3 is 43.0 Å². The van der Waals surface area contributed by atoms with Crippen molar-refractivity contribution >= 4 is 103 Å². The number of β-lactam (4-membered cyclic amide) rings is 1. The van der Waals surface area contributed by atoms with E-state index >= 15 is 0 Å². The van der Waals surface area contributed by atoms with Gasteiger partial charge in [0.1, 0.15) is 26.2 Å². The molecule has 0 saturated carbocycles. The molecule has 4 heterocycles. The Morgan fingerprint density at radius 1 is 1.27 bits per heavy atom. The van der Waals surface area contributed by atoms with Crippen molar-refractivity contribution in [3.05, 3.63) is 15.7 Å². The number of fused-ring (bicyclic) bond motifs is 1. The minimum atomic E-state index is -1.33. The summed E-state index contributed by atoms with van der Waals surface area (Å²) in [5.74, 6) is -0.909. The molecule has 2 aromatic heterocycles. The second-order valence-corrected chi connectivity index (χ2v) is 14.9. The molecule has 2 amide bonds. The normalized spacial score (nSPS) is 22.5. The summed E-state index contributed by atoms with van der Waals surface area (Å²) < 4.78 is -0.533. The van der Waals surface area contributed by atoms with Crippen molar-refractivity contribution in [3.8, 4) is 0 Å². The number of nitrogens with one attached hydrogen (secondary N) is 2. The summed E-state index contributed by atoms with van der Waals surface area (Å²) in [5, 5.41) is 28.6. The number of nitrogens with zero attached hydrogens (tertiary/aromatic N) is 4. The van der Waals surface area contributed by atoms with Gasteiger partial charge in [-0.25, -0.2) is 9.97 Å². The molecule has 2 saturated heterocycles. The van der Waals surface area contributed by atoms with Gasteiger partial charge in [-0.2, -0.15) is 11.8 Å². The first-order chi connectivity index (χ1) is 19.1. The van der Waals surface area contributed by atoms with Gasteiger partial charge in [0.2, 0.25) is 5.91 Å². The molecule has 218 valence electrons. The Labute approximate surface area is 254 Å². The van der Waals surface area contributed by atoms with Crippen LogP contribution < -0.4 is 27.8 Å². The molecule has 2 aromatic rings. The highest BCUT2D eigenvalue weighted by molar-refractivity contribution is 8.06. The number of anilines is 2. The minimum Gasteiger partial charge on any atom is -0.480 e. The molecule has 0 bridgehead atoms. The number of carbonyl (C=O) groups excluding carboxylic acids is 2. The maximum atomic E-state index is 13.1. The van der Waals surface area contributed by atoms with Gasteiger partial charge in [0.05, 0.1) is 9.90 Å². The number of aliphatic carboxylic acids is 1. The van der Waals surface area contributed by atoms with Gasteiger partial charge in [0, 0.05) is 43.4 Å². The van der Waals surface area contributed by atoms with E-state index in [1.807, 2.05) is 0 Å². The fourth-order valence-corrected chi connectivity index (χ4v) is 10.0. The molecule has 0 aliphatic carbocycles. The summed E-state index contributed by atoms with van der Waals surface area (Å²) in [7, 11) is 0. The number of nitrogens with two attached hydrogens (primary N) is 3. The van der Waals surface area contributed by atoms with Gasteiger partial charge in [-0.3, -0.25) is 14.4 Å². The summed E-state index contributed by atoms with van der Waals surface area (Å²) in [6, 6.07) is -0.945. The van der Waals surface area contributed by atoms with E-state index < -0.39 is 39.7 Å². The third kappa shape index (κ3) is 6.40. The number of amides is 2. The number of carboxylic acids is 1. The third-order valence-corrected chi connectivity index (χ3v) is 12.1. The summed E-state index contributed by atoms with van der Waals surface area (Å²) >= 11 is 12.3. The number of carboxylic acid groups (broad SMARTS) is 1. The van der Waals surface area contributed by atoms with Crippen molar-refractivity contribution in [1.29, 1.82) is 0 Å². The fraction of sp³-hybridized carbons (Fsp3) is 0.500. The molecule has 1 unspecified atom stereocenters. The predicted molar refractivity (Wildman–Crippen MR) is 161 cm³/mol. The summed E-state index contributed by atoms with van der Waals surface area (Å²) in [5.41, 5.74) is 17.0. The number of thioether (sulfide) groups is 3. The lowest BCUT2D eigenvalue weighted by atomic mass is 10.0. The Morgan fingerprint density at radius 3 is 2.67 bits per heavy atom. The Hall–Kier alpha value is -2.00. The van der Waals surface area contributed by atoms with Crippen LogP contribution in [-0.2, 0) is 20.1 Å². The molecule has 2 aliphatic heterocycles. The maximum Gasteiger partial charge on any atom is 0.322 e. The number of hydrogen-bond donors (Lipinski definition) is 7. The lowest BCUT2D eigenvalue weighted by Crippen LogP contribution is -2.74. The number of oxime groups is 1. The monoisotopic (exact) mass is 667 g/mol. The van der Waals surface area contributed by atoms with Crippen molar-refractivity contribution in [2.75, 3.05) is 48.7 Å². The van der Waals surface area contributed by atoms with Gasteiger partial charge >= 0.3 is 5.97 Å². The number of rotatable bonds is 13. The van der Waals surface area contributed by atoms with Crippen LogP contribution in [0.2, 0.25) is 4.34 Å². The molecule has 0 radical (unpaired) electrons. The maximum absolute atomic E-state index is 13.1. The first-order valence-corrected chi connectivity index (χ1v) is 16.7. The summed E-state index contributed by atoms with van der Waals surface area (Å²) in [6.45, 7) is 1.39. The topological polar surface area (TPSA) is 235 Å². The minimum absolute atomic E-state index is 0.0579. The Morgan fingerprint density at radius 2 is 2.05 bits per heavy atom. The van der Waals surface area contributed by atoms with E-state index in [0.717, 1.165) is 27.0 Å². The van der Waals surface area contributed by atoms with Gasteiger partial charge in [-0.05, 0) is 0 Å². The molecule has 14 nitrogen and oxygen atoms in total. The van der Waals surface area contributed by atoms with Crippen LogP contribution in [0.5, 0.6) is 0 Å². The summed E-state index contributed by atoms with van der Waals surface area (Å²) in [4.78, 5) is 48.5. The fourth-order valence-electron chi connectivity index (χ4n) is 3.85. The van der Waals surface area contributed by atoms with Crippen molar-refractivity contribution in [2.24, 2.45) is 16.6 Å². The lowest BCUT2D eigenvalue weighted by Gasteiger charge is -2.53. The molecular weight excluding hydrogens is 642 g/mol. The van der Waals surface area contributed by atoms with E-state index in [-0.39, 0.29) is 27.5 Å². The molecule has 10 N–H and O–H groups in total. The van der Waals surface area contributed by atoms with Gasteiger partial charge in [-0.1, -0.05) is 51.2 Å². The average molecular weight is 668 g/mol. The standard InChI is InChI=1S/C20H26ClN9O5S5/c21-12-9(28-18(24)38-12)10(29-35)13(31)27-11-14(32)30-6-20(17(33)34,7-37-15(11)30)40-16-8(5-36-4-2-23)26-19(39-16)25-3-1-22/h11,15,35H,1-7,22-23H2,(H2,24,28)(H,25,26)(H,27,31)(H,33,34)/t11-,15-,20?/m1/s1. The quantitative estimate of drug-likeness (QED) is 0.0509. The molecule has 40 heavy (non-hydrogen) atoms. The molecule has 2 fully saturated rings. The summed E-state index contributed by atoms with van der Waals surface area (Å²) in [6.07, 6.45) is 0. The molecule has 20 heteroatoms. The zero-order valence-corrected chi connectivity index (χ0v) is 25.5. The molecule has 3 atom stereocenters. The van der Waals surface area contributed by atoms with Crippen LogP contribution in [0.15, 0.2) is 9.36 Å². The highest BCUT2D eigenvalue weighted by Gasteiger charge is 2.58. The molecule has 0 aromatic carbocycles. The van der Waals surface area contributed by atoms with Crippen LogP contribution in [0.4, 0.5) is 10.3 Å². The molecular formula is C20H26ClN9O5S5. The lowest BCUT2D eigenvalue weighted by molar-refractivity contribution is -0.151. The van der Waals surface area contributed by atoms with Crippen LogP contribution in [-0.4, -0.2) is 103 Å². The van der Waals surface area contributed by atoms with Crippen LogP contribution in [0.3, 0.4) is 0 Å². The predicted octanol–water partition coefficient (Wildman–Crippen LogP) is 0.592. The molecule has 0 spiro atoms. The number of carbonyl (C=O) groups is 3. The first-order valence-electron chi connectivity index (χ1n) is 11.6. The molecule has 4 rings (SSSR count). The Balaban J connectivity index is 1.47. The van der Waals surface area contributed by atoms with E-state index in [1.165, 1.54) is 39.8 Å². The highest BCUT2D eigenvalue weighted by atomic mass is 35.5. The van der Waals surface area contributed by atoms with Crippen LogP contribution >= 0.6 is 69.6 Å². The van der Waals surface area contributed by atoms with E-state index in [9.17, 15) is 24.7 Å². The van der Waals surface area contributed by atoms with Crippen LogP contribution in [0.1, 0.15) is 11.4 Å². The third-order valence-electron chi connectivity index (χ3n) is 5.74. The van der Waals surface area contributed by atoms with Crippen LogP contribution in [0, 0.1) is 0 Å². The Bertz CT molecular complexity index is 1310. The second-order valence-electron chi connectivity index (χ2n) is 8.45. The van der Waals surface area contributed by atoms with E-state index in [0.29, 0.717) is 30.5 Å². The van der Waals surface area contributed by atoms with Crippen molar-refractivity contribution in [2.45, 2.75) is 26.1 Å². The number of hydrogen-bond acceptors (Lipinski definition) is 16. The zero-order chi connectivity index (χ0) is 29.0.